The van der Waals surface area contributed by atoms with Gasteiger partial charge in [0.2, 0.25) is 11.8 Å². The lowest BCUT2D eigenvalue weighted by Gasteiger charge is -2.51. The Labute approximate surface area is 784 Å². The number of amides is 2. The zero-order valence-electron chi connectivity index (χ0n) is 73.4. The van der Waals surface area contributed by atoms with Crippen molar-refractivity contribution in [2.75, 3.05) is 79.3 Å². The first-order valence-electron chi connectivity index (χ1n) is 44.2. The molecule has 63 nitrogen and oxygen atoms in total. The van der Waals surface area contributed by atoms with E-state index >= 15 is 0 Å². The van der Waals surface area contributed by atoms with Crippen LogP contribution in [0.5, 0.6) is 0 Å². The number of aliphatic hydroxyl groups is 36. The maximum absolute atomic E-state index is 13.2. The summed E-state index contributed by atoms with van der Waals surface area (Å²) in [6.07, 6.45) is -129. The minimum absolute atomic E-state index is 0.835. The molecule has 0 saturated carbocycles. The molecule has 60 atom stereocenters. The minimum atomic E-state index is -2.73. The number of hydrogen-bond acceptors (Lipinski definition) is 61. The van der Waals surface area contributed by atoms with Crippen LogP contribution in [0.1, 0.15) is 13.8 Å². The summed E-state index contributed by atoms with van der Waals surface area (Å²) in [4.78, 5) is 25.4. The highest BCUT2D eigenvalue weighted by molar-refractivity contribution is 5.73. The molecule has 0 spiro atoms. The number of rotatable bonds is 36. The summed E-state index contributed by atoms with van der Waals surface area (Å²) in [6, 6.07) is -3.75. The van der Waals surface area contributed by atoms with Gasteiger partial charge in [-0.05, 0) is 0 Å². The molecule has 12 fully saturated rings. The molecule has 12 aliphatic heterocycles. The van der Waals surface area contributed by atoms with E-state index in [1.807, 2.05) is 0 Å². The number of ether oxygens (including phenoxy) is 23. The Morgan fingerprint density at radius 1 is 0.187 bits per heavy atom. The van der Waals surface area contributed by atoms with Gasteiger partial charge in [0.1, 0.15) is 293 Å². The summed E-state index contributed by atoms with van der Waals surface area (Å²) in [6.45, 7) is -12.3. The predicted molar refractivity (Wildman–Crippen MR) is 418 cm³/mol. The van der Waals surface area contributed by atoms with Crippen molar-refractivity contribution in [3.05, 3.63) is 0 Å². The molecule has 2 amide bonds. The molecule has 0 aliphatic carbocycles. The summed E-state index contributed by atoms with van der Waals surface area (Å²) < 4.78 is 135. The van der Waals surface area contributed by atoms with Crippen molar-refractivity contribution in [2.45, 2.75) is 382 Å². The van der Waals surface area contributed by atoms with Crippen LogP contribution in [-0.4, -0.2) is 643 Å². The molecule has 12 heterocycles. The van der Waals surface area contributed by atoms with Gasteiger partial charge >= 0.3 is 0 Å². The molecule has 139 heavy (non-hydrogen) atoms. The van der Waals surface area contributed by atoms with Crippen LogP contribution < -0.4 is 10.6 Å². The normalized spacial score (nSPS) is 51.9. The second-order valence-electron chi connectivity index (χ2n) is 35.2. The molecule has 12 aliphatic rings. The molecular formula is C76H128N2O61. The highest BCUT2D eigenvalue weighted by atomic mass is 16.8. The zero-order valence-corrected chi connectivity index (χ0v) is 73.4. The second-order valence-corrected chi connectivity index (χ2v) is 35.2. The van der Waals surface area contributed by atoms with Gasteiger partial charge in [-0.1, -0.05) is 0 Å². The van der Waals surface area contributed by atoms with Crippen molar-refractivity contribution in [2.24, 2.45) is 0 Å². The summed E-state index contributed by atoms with van der Waals surface area (Å²) in [5.74, 6) is -1.85. The SMILES string of the molecule is CC(=O)N[C@@H]1[C@@H](O)[C@H](O[C@@H]2O[C@H](CO)[C@@H](O[C@@H]3O[C@H](CO[C@H]4O[C@H](CO[C@H]5O[C@H](CO)[C@@H](O)[C@H](O)[C@@H]5O[C@H]5O[C@H](CO)[C@@H](O)[C@H](O[C@H]6O[C@H](CO)[C@@H](O)[C@H](O)[C@@H]6O)[C@@H]5O)[C@@H](O)[C@H](O[C@H]5O[C@H](CO)[C@@H](O)[C@H](O)[C@@H]5O)[C@@H]4O)[C@@H](O)[C@H](O[C@H]4O[C@H](CO)[C@@H](O)[C@H](O)[C@@H]4O[C@H]4O[C@H](CO)[C@@H](O)[C@H](O)[C@@H]4O[C@H]4O[C@H](CO)[C@@H](O)[C@H](O[C@H]5O[C@H](CO)[C@@H](O)[C@H](O)[C@@H]5O)[C@@H]4O)[C@@H]3O)[C@H](O)[C@H]2NC(C)=O)[C@@H](CO)O[C@H]1O. The van der Waals surface area contributed by atoms with Gasteiger partial charge in [0.15, 0.2) is 75.5 Å². The third-order valence-corrected chi connectivity index (χ3v) is 25.9. The van der Waals surface area contributed by atoms with Crippen LogP contribution >= 0.6 is 0 Å². The monoisotopic (exact) mass is 2040 g/mol. The number of carbonyl (C=O) groups excluding carboxylic acids is 2. The van der Waals surface area contributed by atoms with Crippen LogP contribution in [0.4, 0.5) is 0 Å². The summed E-state index contributed by atoms with van der Waals surface area (Å²) in [5, 5.41) is 407. The van der Waals surface area contributed by atoms with Crippen LogP contribution in [0.25, 0.3) is 0 Å². The summed E-state index contributed by atoms with van der Waals surface area (Å²) >= 11 is 0. The van der Waals surface area contributed by atoms with Crippen molar-refractivity contribution in [3.63, 3.8) is 0 Å². The van der Waals surface area contributed by atoms with E-state index in [0.717, 1.165) is 13.8 Å². The van der Waals surface area contributed by atoms with Crippen LogP contribution in [-0.2, 0) is 119 Å². The van der Waals surface area contributed by atoms with Crippen molar-refractivity contribution in [1.29, 1.82) is 0 Å². The van der Waals surface area contributed by atoms with Gasteiger partial charge < -0.3 is 303 Å². The number of aliphatic hydroxyl groups excluding tert-OH is 36. The van der Waals surface area contributed by atoms with Crippen LogP contribution in [0.3, 0.4) is 0 Å². The maximum Gasteiger partial charge on any atom is 0.217 e. The van der Waals surface area contributed by atoms with Gasteiger partial charge in [0, 0.05) is 13.8 Å². The van der Waals surface area contributed by atoms with Crippen LogP contribution in [0.15, 0.2) is 0 Å². The van der Waals surface area contributed by atoms with E-state index in [2.05, 4.69) is 10.6 Å². The van der Waals surface area contributed by atoms with E-state index in [-0.39, 0.29) is 0 Å². The fourth-order valence-electron chi connectivity index (χ4n) is 18.0. The van der Waals surface area contributed by atoms with Gasteiger partial charge in [0.25, 0.3) is 0 Å². The van der Waals surface area contributed by atoms with Crippen molar-refractivity contribution >= 4 is 11.8 Å². The first-order chi connectivity index (χ1) is 65.9. The molecule has 0 unspecified atom stereocenters. The molecule has 63 heteroatoms. The molecule has 0 bridgehead atoms. The fourth-order valence-corrected chi connectivity index (χ4v) is 18.0. The Balaban J connectivity index is 0.876. The van der Waals surface area contributed by atoms with Crippen molar-refractivity contribution < 1.29 is 302 Å². The van der Waals surface area contributed by atoms with Gasteiger partial charge in [0.05, 0.1) is 79.3 Å². The Hall–Kier alpha value is -3.42. The molecular weight excluding hydrogens is 1920 g/mol. The molecule has 0 radical (unpaired) electrons. The topological polar surface area (TPSA) is 999 Å². The predicted octanol–water partition coefficient (Wildman–Crippen LogP) is -26.9. The molecule has 12 saturated heterocycles. The first-order valence-corrected chi connectivity index (χ1v) is 44.2. The van der Waals surface area contributed by atoms with E-state index in [4.69, 9.17) is 109 Å². The molecule has 808 valence electrons. The smallest absolute Gasteiger partial charge is 0.217 e. The number of nitrogens with one attached hydrogen (secondary N) is 2. The number of hydrogen-bond donors (Lipinski definition) is 38. The quantitative estimate of drug-likeness (QED) is 0.0277. The van der Waals surface area contributed by atoms with Crippen molar-refractivity contribution in [1.82, 2.24) is 10.6 Å². The Morgan fingerprint density at radius 2 is 0.396 bits per heavy atom. The molecule has 0 aromatic heterocycles. The van der Waals surface area contributed by atoms with E-state index in [1.165, 1.54) is 0 Å². The summed E-state index contributed by atoms with van der Waals surface area (Å²) in [7, 11) is 0. The average molecular weight is 2050 g/mol. The fraction of sp³-hybridized carbons (Fsp3) is 0.974. The van der Waals surface area contributed by atoms with Crippen molar-refractivity contribution in [3.8, 4) is 0 Å². The Kier molecular flexibility index (Phi) is 41.0. The third-order valence-electron chi connectivity index (χ3n) is 25.9. The lowest BCUT2D eigenvalue weighted by Crippen LogP contribution is -2.70. The Morgan fingerprint density at radius 3 is 0.734 bits per heavy atom. The summed E-state index contributed by atoms with van der Waals surface area (Å²) in [5.41, 5.74) is 0. The largest absolute Gasteiger partial charge is 0.394 e. The minimum Gasteiger partial charge on any atom is -0.394 e. The second kappa shape index (κ2) is 49.8. The van der Waals surface area contributed by atoms with E-state index < -0.39 is 459 Å². The third kappa shape index (κ3) is 24.5. The number of carbonyl (C=O) groups is 2. The van der Waals surface area contributed by atoms with Crippen LogP contribution in [0, 0.1) is 0 Å². The first kappa shape index (κ1) is 114. The highest BCUT2D eigenvalue weighted by Crippen LogP contribution is 2.43. The van der Waals surface area contributed by atoms with Crippen LogP contribution in [0.2, 0.25) is 0 Å². The van der Waals surface area contributed by atoms with E-state index in [1.54, 1.807) is 0 Å². The lowest BCUT2D eigenvalue weighted by molar-refractivity contribution is -0.411. The Bertz CT molecular complexity index is 3730. The van der Waals surface area contributed by atoms with Gasteiger partial charge in [-0.15, -0.1) is 0 Å². The molecule has 0 aromatic carbocycles. The van der Waals surface area contributed by atoms with E-state index in [0.29, 0.717) is 0 Å². The lowest BCUT2D eigenvalue weighted by atomic mass is 9.94. The van der Waals surface area contributed by atoms with Gasteiger partial charge in [-0.2, -0.15) is 0 Å². The molecule has 12 rings (SSSR count). The standard InChI is InChI=1S/C76H128N2O61/c1-15(89)77-29-41(101)56(25(11-87)119-65(29)116)131-66-30(78-16(2)90)42(102)57(26(12-88)128-66)132-73-55(115)61(136-75-64(48(108)36(96)21(7-83)126-75)139-76-63(47(107)35(95)22(8-84)127-76)138-72-54(114)59(38(98)24(10-86)124-72)134-69-50(110)44(104)32(92)18(4-80)121-69)40(100)28(130-73)13-117-67-52(112)60(135-70-51(111)45(105)33(93)19(5-81)122-70)39(99)27(129-67)14-118-74-62(46(106)34(94)20(6-82)125-74)137-71-53(113)58(37(97)23(9-85)123-71)133-68-49(109)43(103)31(91)17(3-79)120-68/h17-76,79-88,91-116H,3-14H2,1-2H3,(H,77,89)(H,78,90)/t17-,18-,19-,20-,21-,22-,23-,24-,25-,26-,27-,28-,29-,30-,31-,32-,33-,34-,35-,36-,37-,38-,39-,40-,41-,42-,43+,44+,45+,46+,47+,48+,49+,50+,51+,52+,53+,54+,55+,56-,57-,58+,59+,60+,61+,62+,63+,64+,65-,66+,67+,68-,69-,70-,71-,72-,73+,74+,75-,76-/m1/s1. The maximum atomic E-state index is 13.2. The van der Waals surface area contributed by atoms with Gasteiger partial charge in [-0.3, -0.25) is 9.59 Å². The van der Waals surface area contributed by atoms with E-state index in [9.17, 15) is 193 Å². The molecule has 0 aromatic rings. The highest BCUT2D eigenvalue weighted by Gasteiger charge is 2.63. The zero-order chi connectivity index (χ0) is 102. The average Bonchev–Trinajstić information content (AvgIpc) is 0.760. The van der Waals surface area contributed by atoms with Gasteiger partial charge in [-0.25, -0.2) is 0 Å². The molecule has 38 N–H and O–H groups in total.